The highest BCUT2D eigenvalue weighted by Crippen LogP contribution is 2.30. The summed E-state index contributed by atoms with van der Waals surface area (Å²) in [4.78, 5) is 0. The van der Waals surface area contributed by atoms with E-state index in [1.807, 2.05) is 26.8 Å². The van der Waals surface area contributed by atoms with Gasteiger partial charge in [-0.3, -0.25) is 0 Å². The van der Waals surface area contributed by atoms with Crippen LogP contribution in [0, 0.1) is 5.41 Å². The number of nitrogens with two attached hydrogens (primary N) is 1. The van der Waals surface area contributed by atoms with Crippen molar-refractivity contribution in [1.82, 2.24) is 0 Å². The molecule has 0 aromatic heterocycles. The predicted octanol–water partition coefficient (Wildman–Crippen LogP) is 4.18. The summed E-state index contributed by atoms with van der Waals surface area (Å²) in [6.07, 6.45) is 2.07. The molecule has 0 bridgehead atoms. The normalized spacial score (nSPS) is 13.3. The fourth-order valence-corrected chi connectivity index (χ4v) is 2.08. The van der Waals surface area contributed by atoms with Gasteiger partial charge < -0.3 is 15.2 Å². The van der Waals surface area contributed by atoms with Crippen molar-refractivity contribution in [2.24, 2.45) is 11.1 Å². The first-order valence-electron chi connectivity index (χ1n) is 7.92. The topological polar surface area (TPSA) is 44.5 Å². The Morgan fingerprint density at radius 2 is 1.81 bits per heavy atom. The Hall–Kier alpha value is -1.22. The molecule has 0 aliphatic heterocycles. The zero-order valence-corrected chi connectivity index (χ0v) is 14.4. The van der Waals surface area contributed by atoms with Crippen LogP contribution in [0.25, 0.3) is 0 Å². The van der Waals surface area contributed by atoms with Crippen LogP contribution in [-0.2, 0) is 6.42 Å². The smallest absolute Gasteiger partial charge is 0.161 e. The van der Waals surface area contributed by atoms with Crippen molar-refractivity contribution >= 4 is 0 Å². The minimum Gasteiger partial charge on any atom is -0.490 e. The van der Waals surface area contributed by atoms with Crippen LogP contribution in [0.5, 0.6) is 11.5 Å². The predicted molar refractivity (Wildman–Crippen MR) is 89.1 cm³/mol. The van der Waals surface area contributed by atoms with Gasteiger partial charge in [0.15, 0.2) is 11.5 Å². The molecule has 1 unspecified atom stereocenters. The van der Waals surface area contributed by atoms with Gasteiger partial charge in [0.1, 0.15) is 0 Å². The lowest BCUT2D eigenvalue weighted by atomic mass is 9.84. The molecule has 3 heteroatoms. The Morgan fingerprint density at radius 3 is 2.33 bits per heavy atom. The maximum Gasteiger partial charge on any atom is 0.161 e. The zero-order chi connectivity index (χ0) is 16.0. The summed E-state index contributed by atoms with van der Waals surface area (Å²) in [5, 5.41) is 0. The monoisotopic (exact) mass is 293 g/mol. The van der Waals surface area contributed by atoms with E-state index in [0.29, 0.717) is 6.61 Å². The van der Waals surface area contributed by atoms with Gasteiger partial charge in [-0.1, -0.05) is 26.8 Å². The third-order valence-corrected chi connectivity index (χ3v) is 3.53. The molecule has 1 rings (SSSR count). The Bertz CT molecular complexity index is 435. The molecule has 1 aromatic rings. The minimum absolute atomic E-state index is 0.142. The summed E-state index contributed by atoms with van der Waals surface area (Å²) in [7, 11) is 0. The van der Waals surface area contributed by atoms with E-state index in [1.54, 1.807) is 0 Å². The van der Waals surface area contributed by atoms with E-state index < -0.39 is 0 Å². The molecule has 0 amide bonds. The van der Waals surface area contributed by atoms with E-state index in [0.717, 1.165) is 24.3 Å². The first kappa shape index (κ1) is 17.8. The Labute approximate surface area is 129 Å². The quantitative estimate of drug-likeness (QED) is 0.820. The van der Waals surface area contributed by atoms with Crippen LogP contribution < -0.4 is 15.2 Å². The molecule has 0 aliphatic carbocycles. The third kappa shape index (κ3) is 5.96. The Balaban J connectivity index is 2.78. The van der Waals surface area contributed by atoms with Crippen LogP contribution in [0.2, 0.25) is 0 Å². The second-order valence-corrected chi connectivity index (χ2v) is 6.89. The molecule has 0 spiro atoms. The summed E-state index contributed by atoms with van der Waals surface area (Å²) in [5.74, 6) is 1.64. The van der Waals surface area contributed by atoms with Crippen LogP contribution in [0.1, 0.15) is 53.5 Å². The van der Waals surface area contributed by atoms with Crippen molar-refractivity contribution in [1.29, 1.82) is 0 Å². The molecule has 0 saturated carbocycles. The van der Waals surface area contributed by atoms with Gasteiger partial charge in [0.25, 0.3) is 0 Å². The highest BCUT2D eigenvalue weighted by molar-refractivity contribution is 5.43. The lowest BCUT2D eigenvalue weighted by molar-refractivity contribution is 0.223. The van der Waals surface area contributed by atoms with Crippen LogP contribution in [0.4, 0.5) is 0 Å². The van der Waals surface area contributed by atoms with Crippen LogP contribution in [-0.4, -0.2) is 18.8 Å². The van der Waals surface area contributed by atoms with E-state index in [9.17, 15) is 0 Å². The Kier molecular flexibility index (Phi) is 6.53. The standard InChI is InChI=1S/C18H31NO2/c1-7-20-16-12-14(8-10-15(16)21-13(2)3)9-11-17(19)18(4,5)6/h8,10,12-13,17H,7,9,11,19H2,1-6H3. The molecule has 0 fully saturated rings. The second kappa shape index (κ2) is 7.69. The maximum atomic E-state index is 6.24. The number of hydrogen-bond donors (Lipinski definition) is 1. The highest BCUT2D eigenvalue weighted by atomic mass is 16.5. The number of benzene rings is 1. The van der Waals surface area contributed by atoms with E-state index >= 15 is 0 Å². The van der Waals surface area contributed by atoms with Crippen molar-refractivity contribution in [2.45, 2.75) is 66.5 Å². The van der Waals surface area contributed by atoms with Crippen molar-refractivity contribution < 1.29 is 9.47 Å². The van der Waals surface area contributed by atoms with Gasteiger partial charge in [0.2, 0.25) is 0 Å². The van der Waals surface area contributed by atoms with Gasteiger partial charge in [0, 0.05) is 6.04 Å². The first-order chi connectivity index (χ1) is 9.74. The van der Waals surface area contributed by atoms with Crippen molar-refractivity contribution in [3.8, 4) is 11.5 Å². The van der Waals surface area contributed by atoms with Crippen LogP contribution in [0.3, 0.4) is 0 Å². The Morgan fingerprint density at radius 1 is 1.14 bits per heavy atom. The average Bonchev–Trinajstić information content (AvgIpc) is 2.37. The minimum atomic E-state index is 0.142. The average molecular weight is 293 g/mol. The second-order valence-electron chi connectivity index (χ2n) is 6.89. The fourth-order valence-electron chi connectivity index (χ4n) is 2.08. The van der Waals surface area contributed by atoms with Gasteiger partial charge in [0.05, 0.1) is 12.7 Å². The lowest BCUT2D eigenvalue weighted by Crippen LogP contribution is -2.35. The summed E-state index contributed by atoms with van der Waals surface area (Å²) in [6, 6.07) is 6.38. The molecular weight excluding hydrogens is 262 g/mol. The SMILES string of the molecule is CCOc1cc(CCC(N)C(C)(C)C)ccc1OC(C)C. The number of aryl methyl sites for hydroxylation is 1. The summed E-state index contributed by atoms with van der Waals surface area (Å²) in [5.41, 5.74) is 7.62. The first-order valence-corrected chi connectivity index (χ1v) is 7.92. The molecule has 2 N–H and O–H groups in total. The molecule has 1 atom stereocenters. The fraction of sp³-hybridized carbons (Fsp3) is 0.667. The summed E-state index contributed by atoms with van der Waals surface area (Å²) >= 11 is 0. The van der Waals surface area contributed by atoms with Gasteiger partial charge >= 0.3 is 0 Å². The highest BCUT2D eigenvalue weighted by Gasteiger charge is 2.20. The molecule has 0 saturated heterocycles. The van der Waals surface area contributed by atoms with Gasteiger partial charge in [-0.05, 0) is 56.7 Å². The molecule has 3 nitrogen and oxygen atoms in total. The zero-order valence-electron chi connectivity index (χ0n) is 14.4. The third-order valence-electron chi connectivity index (χ3n) is 3.53. The molecule has 0 heterocycles. The van der Waals surface area contributed by atoms with Crippen molar-refractivity contribution in [3.63, 3.8) is 0 Å². The van der Waals surface area contributed by atoms with Crippen molar-refractivity contribution in [2.75, 3.05) is 6.61 Å². The summed E-state index contributed by atoms with van der Waals surface area (Å²) < 4.78 is 11.5. The molecular formula is C18H31NO2. The van der Waals surface area contributed by atoms with E-state index in [2.05, 4.69) is 32.9 Å². The van der Waals surface area contributed by atoms with Crippen LogP contribution >= 0.6 is 0 Å². The van der Waals surface area contributed by atoms with Gasteiger partial charge in [-0.15, -0.1) is 0 Å². The van der Waals surface area contributed by atoms with E-state index in [-0.39, 0.29) is 17.6 Å². The number of hydrogen-bond acceptors (Lipinski definition) is 3. The molecule has 0 radical (unpaired) electrons. The van der Waals surface area contributed by atoms with Crippen LogP contribution in [0.15, 0.2) is 18.2 Å². The molecule has 21 heavy (non-hydrogen) atoms. The number of ether oxygens (including phenoxy) is 2. The molecule has 0 aliphatic rings. The molecule has 1 aromatic carbocycles. The van der Waals surface area contributed by atoms with E-state index in [4.69, 9.17) is 15.2 Å². The number of rotatable bonds is 7. The molecule has 120 valence electrons. The van der Waals surface area contributed by atoms with Gasteiger partial charge in [-0.25, -0.2) is 0 Å². The maximum absolute atomic E-state index is 6.24. The lowest BCUT2D eigenvalue weighted by Gasteiger charge is -2.27. The summed E-state index contributed by atoms with van der Waals surface area (Å²) in [6.45, 7) is 13.2. The van der Waals surface area contributed by atoms with Crippen molar-refractivity contribution in [3.05, 3.63) is 23.8 Å². The van der Waals surface area contributed by atoms with Gasteiger partial charge in [-0.2, -0.15) is 0 Å². The van der Waals surface area contributed by atoms with E-state index in [1.165, 1.54) is 5.56 Å². The largest absolute Gasteiger partial charge is 0.490 e.